The van der Waals surface area contributed by atoms with E-state index in [4.69, 9.17) is 0 Å². The van der Waals surface area contributed by atoms with Gasteiger partial charge in [-0.2, -0.15) is 0 Å². The fourth-order valence-electron chi connectivity index (χ4n) is 3.83. The van der Waals surface area contributed by atoms with Crippen LogP contribution in [0.5, 0.6) is 0 Å². The molecule has 1 aromatic carbocycles. The summed E-state index contributed by atoms with van der Waals surface area (Å²) in [4.78, 5) is 27.7. The van der Waals surface area contributed by atoms with E-state index in [2.05, 4.69) is 11.4 Å². The molecule has 3 amide bonds. The second-order valence-electron chi connectivity index (χ2n) is 6.83. The van der Waals surface area contributed by atoms with Gasteiger partial charge in [0, 0.05) is 26.1 Å². The van der Waals surface area contributed by atoms with Crippen LogP contribution < -0.4 is 10.2 Å². The minimum Gasteiger partial charge on any atom is -0.369 e. The Bertz CT molecular complexity index is 614. The van der Waals surface area contributed by atoms with Crippen LogP contribution in [-0.2, 0) is 11.3 Å². The maximum Gasteiger partial charge on any atom is 0.312 e. The Morgan fingerprint density at radius 2 is 1.96 bits per heavy atom. The Kier molecular flexibility index (Phi) is 5.12. The molecule has 2 aliphatic rings. The lowest BCUT2D eigenvalue weighted by molar-refractivity contribution is -0.119. The molecule has 1 radical (unpaired) electrons. The Balaban J connectivity index is 1.68. The predicted molar refractivity (Wildman–Crippen MR) is 95.9 cm³/mol. The number of hydrogen-bond donors (Lipinski definition) is 1. The molecule has 1 heterocycles. The molecular weight excluding hydrogens is 301 g/mol. The van der Waals surface area contributed by atoms with Gasteiger partial charge in [0.25, 0.3) is 0 Å². The third kappa shape index (κ3) is 3.58. The largest absolute Gasteiger partial charge is 0.369 e. The van der Waals surface area contributed by atoms with Crippen molar-refractivity contribution in [2.24, 2.45) is 5.92 Å². The first kappa shape index (κ1) is 16.9. The lowest BCUT2D eigenvalue weighted by Gasteiger charge is -2.39. The molecule has 0 aromatic heterocycles. The highest BCUT2D eigenvalue weighted by Gasteiger charge is 2.32. The van der Waals surface area contributed by atoms with Gasteiger partial charge in [-0.15, -0.1) is 0 Å². The third-order valence-electron chi connectivity index (χ3n) is 5.11. The van der Waals surface area contributed by atoms with E-state index in [9.17, 15) is 9.59 Å². The van der Waals surface area contributed by atoms with Crippen LogP contribution in [0.25, 0.3) is 0 Å². The minimum absolute atomic E-state index is 0.0488. The van der Waals surface area contributed by atoms with Crippen LogP contribution in [-0.4, -0.2) is 36.8 Å². The van der Waals surface area contributed by atoms with Crippen LogP contribution in [0, 0.1) is 5.92 Å². The zero-order chi connectivity index (χ0) is 17.1. The molecule has 5 nitrogen and oxygen atoms in total. The number of fused-ring (bicyclic) bond motifs is 1. The fraction of sp³-hybridized carbons (Fsp3) is 0.556. The van der Waals surface area contributed by atoms with Crippen LogP contribution in [0.1, 0.15) is 38.2 Å². The van der Waals surface area contributed by atoms with Crippen molar-refractivity contribution in [1.82, 2.24) is 10.1 Å². The van der Waals surface area contributed by atoms with Crippen LogP contribution in [0.4, 0.5) is 10.5 Å². The van der Waals surface area contributed by atoms with Crippen molar-refractivity contribution in [2.75, 3.05) is 11.4 Å². The molecule has 1 aliphatic heterocycles. The fourth-order valence-corrected chi connectivity index (χ4v) is 3.83. The van der Waals surface area contributed by atoms with Crippen molar-refractivity contribution in [3.05, 3.63) is 29.8 Å². The zero-order valence-corrected chi connectivity index (χ0v) is 14.5. The first-order valence-corrected chi connectivity index (χ1v) is 8.81. The van der Waals surface area contributed by atoms with E-state index in [0.29, 0.717) is 18.5 Å². The molecule has 0 atom stereocenters. The number of anilines is 1. The van der Waals surface area contributed by atoms with Crippen molar-refractivity contribution >= 4 is 25.0 Å². The maximum atomic E-state index is 12.8. The van der Waals surface area contributed by atoms with Crippen LogP contribution in [0.3, 0.4) is 0 Å². The summed E-state index contributed by atoms with van der Waals surface area (Å²) >= 11 is 0. The lowest BCUT2D eigenvalue weighted by Crippen LogP contribution is -2.50. The number of benzene rings is 1. The van der Waals surface area contributed by atoms with Gasteiger partial charge in [0.2, 0.25) is 13.3 Å². The summed E-state index contributed by atoms with van der Waals surface area (Å²) in [6, 6.07) is 8.53. The van der Waals surface area contributed by atoms with Crippen molar-refractivity contribution < 1.29 is 9.59 Å². The van der Waals surface area contributed by atoms with E-state index < -0.39 is 0 Å². The number of para-hydroxylation sites is 1. The van der Waals surface area contributed by atoms with Crippen molar-refractivity contribution in [1.29, 1.82) is 0 Å². The van der Waals surface area contributed by atoms with Gasteiger partial charge < -0.3 is 10.1 Å². The highest BCUT2D eigenvalue weighted by atomic mass is 16.2. The van der Waals surface area contributed by atoms with Gasteiger partial charge in [0.15, 0.2) is 0 Å². The Hall–Kier alpha value is -1.98. The summed E-state index contributed by atoms with van der Waals surface area (Å²) in [6.07, 6.45) is 4.09. The number of carbonyl (C=O) groups excluding carboxylic acids is 2. The second-order valence-corrected chi connectivity index (χ2v) is 6.83. The average molecular weight is 326 g/mol. The molecule has 0 spiro atoms. The molecular formula is C18H25BN3O2. The molecule has 0 saturated heterocycles. The Morgan fingerprint density at radius 1 is 1.25 bits per heavy atom. The lowest BCUT2D eigenvalue weighted by atomic mass is 9.85. The topological polar surface area (TPSA) is 52.6 Å². The summed E-state index contributed by atoms with van der Waals surface area (Å²) in [5.74, 6) is 0.538. The van der Waals surface area contributed by atoms with E-state index >= 15 is 0 Å². The number of carbonyl (C=O) groups is 2. The van der Waals surface area contributed by atoms with Gasteiger partial charge in [0.05, 0.1) is 5.69 Å². The smallest absolute Gasteiger partial charge is 0.312 e. The second kappa shape index (κ2) is 7.28. The van der Waals surface area contributed by atoms with Crippen molar-refractivity contribution in [2.45, 2.75) is 52.0 Å². The molecule has 1 aliphatic carbocycles. The van der Waals surface area contributed by atoms with Crippen LogP contribution in [0.2, 0.25) is 6.82 Å². The van der Waals surface area contributed by atoms with Gasteiger partial charge >= 0.3 is 6.03 Å². The summed E-state index contributed by atoms with van der Waals surface area (Å²) in [5, 5.41) is 3.01. The number of nitrogens with zero attached hydrogens (tertiary/aromatic N) is 2. The number of hydrogen-bond acceptors (Lipinski definition) is 2. The summed E-state index contributed by atoms with van der Waals surface area (Å²) in [6.45, 7) is 4.89. The third-order valence-corrected chi connectivity index (χ3v) is 5.11. The molecule has 1 N–H and O–H groups in total. The summed E-state index contributed by atoms with van der Waals surface area (Å²) in [7, 11) is 1.86. The maximum absolute atomic E-state index is 12.8. The van der Waals surface area contributed by atoms with Gasteiger partial charge in [-0.25, -0.2) is 4.79 Å². The number of nitrogens with one attached hydrogen (secondary N) is 1. The van der Waals surface area contributed by atoms with Crippen molar-refractivity contribution in [3.8, 4) is 0 Å². The SMILES string of the molecule is C[B]N1Cc2ccccc2N(CC2CCC(NC(C)=O)CC2)C1=O. The van der Waals surface area contributed by atoms with Gasteiger partial charge in [-0.3, -0.25) is 9.69 Å². The van der Waals surface area contributed by atoms with E-state index in [1.54, 1.807) is 11.7 Å². The quantitative estimate of drug-likeness (QED) is 0.865. The molecule has 127 valence electrons. The van der Waals surface area contributed by atoms with E-state index in [1.165, 1.54) is 5.56 Å². The molecule has 1 aromatic rings. The normalized spacial score (nSPS) is 23.7. The Labute approximate surface area is 144 Å². The molecule has 24 heavy (non-hydrogen) atoms. The van der Waals surface area contributed by atoms with E-state index in [-0.39, 0.29) is 11.9 Å². The molecule has 1 saturated carbocycles. The molecule has 0 bridgehead atoms. The number of amides is 3. The summed E-state index contributed by atoms with van der Waals surface area (Å²) < 4.78 is 0. The average Bonchev–Trinajstić information content (AvgIpc) is 2.58. The van der Waals surface area contributed by atoms with E-state index in [0.717, 1.165) is 37.9 Å². The van der Waals surface area contributed by atoms with Crippen LogP contribution in [0.15, 0.2) is 24.3 Å². The molecule has 3 rings (SSSR count). The first-order chi connectivity index (χ1) is 11.6. The van der Waals surface area contributed by atoms with Gasteiger partial charge in [-0.05, 0) is 43.2 Å². The van der Waals surface area contributed by atoms with Crippen LogP contribution >= 0.6 is 0 Å². The monoisotopic (exact) mass is 326 g/mol. The molecule has 0 unspecified atom stereocenters. The number of rotatable bonds is 4. The van der Waals surface area contributed by atoms with E-state index in [1.807, 2.05) is 37.3 Å². The van der Waals surface area contributed by atoms with Gasteiger partial charge in [0.1, 0.15) is 0 Å². The van der Waals surface area contributed by atoms with Crippen molar-refractivity contribution in [3.63, 3.8) is 0 Å². The minimum atomic E-state index is 0.0488. The highest BCUT2D eigenvalue weighted by molar-refractivity contribution is 6.36. The number of urea groups is 1. The molecule has 1 fully saturated rings. The first-order valence-electron chi connectivity index (χ1n) is 8.81. The molecule has 6 heteroatoms. The predicted octanol–water partition coefficient (Wildman–Crippen LogP) is 2.79. The Morgan fingerprint density at radius 3 is 2.62 bits per heavy atom. The van der Waals surface area contributed by atoms with Gasteiger partial charge in [-0.1, -0.05) is 25.0 Å². The standard InChI is InChI=1S/C18H25BN3O2/c1-13(23)20-16-9-7-14(8-10-16)11-21-17-6-4-3-5-15(17)12-22(19-2)18(21)24/h3-6,14,16H,7-12H2,1-2H3,(H,20,23). The highest BCUT2D eigenvalue weighted by Crippen LogP contribution is 2.32. The zero-order valence-electron chi connectivity index (χ0n) is 14.5. The summed E-state index contributed by atoms with van der Waals surface area (Å²) in [5.41, 5.74) is 2.24.